The fourth-order valence-electron chi connectivity index (χ4n) is 3.40. The minimum absolute atomic E-state index is 0.0365. The molecule has 8 heteroatoms. The van der Waals surface area contributed by atoms with Gasteiger partial charge in [-0.1, -0.05) is 13.8 Å². The molecule has 0 saturated carbocycles. The number of hydrogen-bond acceptors (Lipinski definition) is 5. The second kappa shape index (κ2) is 7.42. The molecule has 148 valence electrons. The average molecular weight is 369 g/mol. The number of likely N-dealkylation sites (tertiary alicyclic amines) is 1. The van der Waals surface area contributed by atoms with Gasteiger partial charge in [0.15, 0.2) is 6.10 Å². The third-order valence-corrected chi connectivity index (χ3v) is 4.59. The molecule has 2 rings (SSSR count). The van der Waals surface area contributed by atoms with Crippen molar-refractivity contribution in [1.29, 1.82) is 0 Å². The molecule has 2 fully saturated rings. The molecule has 0 aromatic rings. The van der Waals surface area contributed by atoms with Gasteiger partial charge in [0, 0.05) is 25.6 Å². The Morgan fingerprint density at radius 2 is 2.00 bits per heavy atom. The Morgan fingerprint density at radius 1 is 1.38 bits per heavy atom. The van der Waals surface area contributed by atoms with Crippen LogP contribution in [0.4, 0.5) is 4.79 Å². The van der Waals surface area contributed by atoms with Crippen LogP contribution in [0.2, 0.25) is 0 Å². The van der Waals surface area contributed by atoms with E-state index in [1.807, 2.05) is 13.8 Å². The zero-order chi connectivity index (χ0) is 19.7. The predicted molar refractivity (Wildman–Crippen MR) is 95.3 cm³/mol. The van der Waals surface area contributed by atoms with Crippen LogP contribution in [0.5, 0.6) is 0 Å². The van der Waals surface area contributed by atoms with Gasteiger partial charge >= 0.3 is 6.09 Å². The summed E-state index contributed by atoms with van der Waals surface area (Å²) in [7, 11) is 0. The van der Waals surface area contributed by atoms with Crippen LogP contribution >= 0.6 is 0 Å². The van der Waals surface area contributed by atoms with Crippen LogP contribution < -0.4 is 10.6 Å². The van der Waals surface area contributed by atoms with E-state index < -0.39 is 29.7 Å². The Hall–Kier alpha value is -1.83. The van der Waals surface area contributed by atoms with Gasteiger partial charge in [-0.25, -0.2) is 4.79 Å². The molecule has 0 aromatic carbocycles. The van der Waals surface area contributed by atoms with E-state index in [0.717, 1.165) is 0 Å². The fraction of sp³-hybridized carbons (Fsp3) is 0.833. The van der Waals surface area contributed by atoms with Gasteiger partial charge in [0.2, 0.25) is 5.91 Å². The molecule has 3 N–H and O–H groups in total. The third-order valence-electron chi connectivity index (χ3n) is 4.59. The molecule has 2 heterocycles. The van der Waals surface area contributed by atoms with Gasteiger partial charge in [-0.3, -0.25) is 9.59 Å². The Bertz CT molecular complexity index is 562. The normalized spacial score (nSPS) is 24.3. The highest BCUT2D eigenvalue weighted by Crippen LogP contribution is 2.30. The first kappa shape index (κ1) is 20.5. The summed E-state index contributed by atoms with van der Waals surface area (Å²) in [5.41, 5.74) is -0.662. The van der Waals surface area contributed by atoms with E-state index in [1.165, 1.54) is 0 Å². The number of nitrogens with one attached hydrogen (secondary N) is 2. The van der Waals surface area contributed by atoms with Crippen molar-refractivity contribution in [2.24, 2.45) is 11.3 Å². The number of rotatable bonds is 5. The smallest absolute Gasteiger partial charge is 0.407 e. The Labute approximate surface area is 154 Å². The van der Waals surface area contributed by atoms with Gasteiger partial charge in [-0.2, -0.15) is 0 Å². The van der Waals surface area contributed by atoms with Crippen molar-refractivity contribution in [3.05, 3.63) is 0 Å². The Morgan fingerprint density at radius 3 is 2.46 bits per heavy atom. The molecule has 0 aliphatic carbocycles. The van der Waals surface area contributed by atoms with Crippen LogP contribution in [-0.4, -0.2) is 65.3 Å². The molecule has 0 radical (unpaired) electrons. The first-order valence-electron chi connectivity index (χ1n) is 9.12. The molecule has 0 aromatic heterocycles. The highest BCUT2D eigenvalue weighted by molar-refractivity contribution is 5.84. The lowest BCUT2D eigenvalue weighted by Crippen LogP contribution is -2.61. The minimum Gasteiger partial charge on any atom is -0.444 e. The van der Waals surface area contributed by atoms with Gasteiger partial charge in [-0.15, -0.1) is 0 Å². The average Bonchev–Trinajstić information content (AvgIpc) is 2.85. The quantitative estimate of drug-likeness (QED) is 0.659. The minimum atomic E-state index is -1.41. The molecule has 0 bridgehead atoms. The maximum atomic E-state index is 12.6. The summed E-state index contributed by atoms with van der Waals surface area (Å²) in [6, 6.07) is -0.880. The van der Waals surface area contributed by atoms with Crippen LogP contribution in [0.15, 0.2) is 0 Å². The van der Waals surface area contributed by atoms with Crippen LogP contribution in [0.1, 0.15) is 47.5 Å². The van der Waals surface area contributed by atoms with Crippen LogP contribution in [0, 0.1) is 11.3 Å². The van der Waals surface area contributed by atoms with Crippen molar-refractivity contribution < 1.29 is 24.2 Å². The van der Waals surface area contributed by atoms with Crippen LogP contribution in [0.25, 0.3) is 0 Å². The SMILES string of the molecule is CC1(C)CN(C(=O)C(O)[C@H](C[C@@H]2CCNC2=O)NC(=O)OC(C)(C)C)C1. The molecule has 2 aliphatic rings. The molecule has 26 heavy (non-hydrogen) atoms. The zero-order valence-electron chi connectivity index (χ0n) is 16.3. The van der Waals surface area contributed by atoms with Gasteiger partial charge in [-0.05, 0) is 39.0 Å². The molecular formula is C18H31N3O5. The fourth-order valence-corrected chi connectivity index (χ4v) is 3.40. The maximum absolute atomic E-state index is 12.6. The maximum Gasteiger partial charge on any atom is 0.407 e. The Balaban J connectivity index is 2.04. The van der Waals surface area contributed by atoms with E-state index in [1.54, 1.807) is 25.7 Å². The lowest BCUT2D eigenvalue weighted by atomic mass is 9.83. The number of alkyl carbamates (subject to hydrolysis) is 1. The van der Waals surface area contributed by atoms with Crippen LogP contribution in [-0.2, 0) is 14.3 Å². The highest BCUT2D eigenvalue weighted by Gasteiger charge is 2.42. The molecule has 1 unspecified atom stereocenters. The molecular weight excluding hydrogens is 338 g/mol. The lowest BCUT2D eigenvalue weighted by Gasteiger charge is -2.47. The number of ether oxygens (including phenoxy) is 1. The lowest BCUT2D eigenvalue weighted by molar-refractivity contribution is -0.152. The van der Waals surface area contributed by atoms with Crippen molar-refractivity contribution in [1.82, 2.24) is 15.5 Å². The number of aliphatic hydroxyl groups is 1. The van der Waals surface area contributed by atoms with E-state index in [4.69, 9.17) is 4.74 Å². The van der Waals surface area contributed by atoms with Crippen molar-refractivity contribution in [3.63, 3.8) is 0 Å². The summed E-state index contributed by atoms with van der Waals surface area (Å²) in [6.07, 6.45) is -1.32. The topological polar surface area (TPSA) is 108 Å². The summed E-state index contributed by atoms with van der Waals surface area (Å²) in [5, 5.41) is 15.9. The summed E-state index contributed by atoms with van der Waals surface area (Å²) >= 11 is 0. The highest BCUT2D eigenvalue weighted by atomic mass is 16.6. The second-order valence-electron chi connectivity index (χ2n) is 9.07. The first-order chi connectivity index (χ1) is 11.9. The van der Waals surface area contributed by atoms with Gasteiger partial charge in [0.05, 0.1) is 6.04 Å². The van der Waals surface area contributed by atoms with Crippen molar-refractivity contribution in [2.45, 2.75) is 65.2 Å². The molecule has 3 atom stereocenters. The van der Waals surface area contributed by atoms with E-state index in [9.17, 15) is 19.5 Å². The monoisotopic (exact) mass is 369 g/mol. The Kier molecular flexibility index (Phi) is 5.85. The third kappa shape index (κ3) is 5.33. The van der Waals surface area contributed by atoms with Gasteiger partial charge in [0.1, 0.15) is 5.60 Å². The predicted octanol–water partition coefficient (Wildman–Crippen LogP) is 0.635. The number of nitrogens with zero attached hydrogens (tertiary/aromatic N) is 1. The molecule has 2 saturated heterocycles. The number of aliphatic hydroxyl groups excluding tert-OH is 1. The molecule has 0 spiro atoms. The van der Waals surface area contributed by atoms with E-state index in [-0.39, 0.29) is 23.7 Å². The summed E-state index contributed by atoms with van der Waals surface area (Å²) in [6.45, 7) is 11.0. The van der Waals surface area contributed by atoms with E-state index in [2.05, 4.69) is 10.6 Å². The van der Waals surface area contributed by atoms with Crippen molar-refractivity contribution in [3.8, 4) is 0 Å². The van der Waals surface area contributed by atoms with E-state index in [0.29, 0.717) is 26.1 Å². The number of carbonyl (C=O) groups excluding carboxylic acids is 3. The first-order valence-corrected chi connectivity index (χ1v) is 9.12. The molecule has 8 nitrogen and oxygen atoms in total. The standard InChI is InChI=1S/C18H31N3O5/c1-17(2,3)26-16(25)20-12(8-11-6-7-19-14(11)23)13(22)15(24)21-9-18(4,5)10-21/h11-13,22H,6-10H2,1-5H3,(H,19,23)(H,20,25)/t11-,12-,13?/m0/s1. The zero-order valence-corrected chi connectivity index (χ0v) is 16.3. The van der Waals surface area contributed by atoms with Crippen molar-refractivity contribution >= 4 is 17.9 Å². The molecule has 2 aliphatic heterocycles. The summed E-state index contributed by atoms with van der Waals surface area (Å²) < 4.78 is 5.24. The van der Waals surface area contributed by atoms with Crippen LogP contribution in [0.3, 0.4) is 0 Å². The molecule has 3 amide bonds. The number of hydrogen-bond donors (Lipinski definition) is 3. The number of amides is 3. The number of carbonyl (C=O) groups is 3. The van der Waals surface area contributed by atoms with E-state index >= 15 is 0 Å². The largest absolute Gasteiger partial charge is 0.444 e. The summed E-state index contributed by atoms with van der Waals surface area (Å²) in [4.78, 5) is 38.1. The van der Waals surface area contributed by atoms with Gasteiger partial charge < -0.3 is 25.4 Å². The van der Waals surface area contributed by atoms with Gasteiger partial charge in [0.25, 0.3) is 5.91 Å². The summed E-state index contributed by atoms with van der Waals surface area (Å²) in [5.74, 6) is -0.889. The van der Waals surface area contributed by atoms with Crippen molar-refractivity contribution in [2.75, 3.05) is 19.6 Å². The second-order valence-corrected chi connectivity index (χ2v) is 9.07.